The number of rotatable bonds is 6. The molecule has 0 aromatic carbocycles. The number of ether oxygens (including phenoxy) is 2. The highest BCUT2D eigenvalue weighted by Crippen LogP contribution is 2.04. The molecular weight excluding hydrogens is 180 g/mol. The Morgan fingerprint density at radius 1 is 1.57 bits per heavy atom. The van der Waals surface area contributed by atoms with Crippen LogP contribution < -0.4 is 5.32 Å². The summed E-state index contributed by atoms with van der Waals surface area (Å²) in [5.74, 6) is 0. The molecule has 0 amide bonds. The molecule has 14 heavy (non-hydrogen) atoms. The van der Waals surface area contributed by atoms with Gasteiger partial charge in [-0.3, -0.25) is 4.90 Å². The predicted octanol–water partition coefficient (Wildman–Crippen LogP) is -0.0569. The molecule has 0 saturated carbocycles. The number of methoxy groups -OCH3 is 1. The van der Waals surface area contributed by atoms with E-state index in [1.54, 1.807) is 7.11 Å². The fraction of sp³-hybridized carbons (Fsp3) is 1.00. The van der Waals surface area contributed by atoms with Gasteiger partial charge < -0.3 is 14.8 Å². The highest BCUT2D eigenvalue weighted by atomic mass is 16.5. The minimum atomic E-state index is 0.358. The molecular formula is C10H22N2O2. The van der Waals surface area contributed by atoms with Crippen LogP contribution >= 0.6 is 0 Å². The van der Waals surface area contributed by atoms with Crippen LogP contribution in [0.1, 0.15) is 6.42 Å². The third-order valence-corrected chi connectivity index (χ3v) is 2.48. The lowest BCUT2D eigenvalue weighted by Gasteiger charge is -2.32. The summed E-state index contributed by atoms with van der Waals surface area (Å²) in [5.41, 5.74) is 0. The van der Waals surface area contributed by atoms with Gasteiger partial charge >= 0.3 is 0 Å². The first-order valence-electron chi connectivity index (χ1n) is 5.34. The molecule has 0 spiro atoms. The summed E-state index contributed by atoms with van der Waals surface area (Å²) in [6, 6.07) is 0. The maximum absolute atomic E-state index is 5.62. The zero-order chi connectivity index (χ0) is 10.2. The number of nitrogens with one attached hydrogen (secondary N) is 1. The van der Waals surface area contributed by atoms with Crippen molar-refractivity contribution in [2.45, 2.75) is 12.5 Å². The van der Waals surface area contributed by atoms with Crippen LogP contribution in [0.2, 0.25) is 0 Å². The average molecular weight is 202 g/mol. The SMILES string of the molecule is CNCC1CN(CCCOC)CCO1. The van der Waals surface area contributed by atoms with Gasteiger partial charge in [-0.15, -0.1) is 0 Å². The molecule has 0 aliphatic carbocycles. The number of hydrogen-bond acceptors (Lipinski definition) is 4. The van der Waals surface area contributed by atoms with E-state index in [0.717, 1.165) is 45.8 Å². The summed E-state index contributed by atoms with van der Waals surface area (Å²) < 4.78 is 10.7. The predicted molar refractivity (Wildman–Crippen MR) is 56.6 cm³/mol. The lowest BCUT2D eigenvalue weighted by Crippen LogP contribution is -2.46. The molecule has 1 aliphatic heterocycles. The van der Waals surface area contributed by atoms with Gasteiger partial charge in [-0.1, -0.05) is 0 Å². The van der Waals surface area contributed by atoms with Crippen molar-refractivity contribution in [1.82, 2.24) is 10.2 Å². The highest BCUT2D eigenvalue weighted by Gasteiger charge is 2.18. The van der Waals surface area contributed by atoms with Crippen molar-refractivity contribution in [2.24, 2.45) is 0 Å². The molecule has 1 rings (SSSR count). The van der Waals surface area contributed by atoms with Crippen molar-refractivity contribution in [3.63, 3.8) is 0 Å². The van der Waals surface area contributed by atoms with Crippen molar-refractivity contribution >= 4 is 0 Å². The second kappa shape index (κ2) is 7.17. The quantitative estimate of drug-likeness (QED) is 0.612. The molecule has 1 atom stereocenters. The van der Waals surface area contributed by atoms with Gasteiger partial charge in [0.15, 0.2) is 0 Å². The van der Waals surface area contributed by atoms with Crippen LogP contribution in [0, 0.1) is 0 Å². The second-order valence-electron chi connectivity index (χ2n) is 3.70. The van der Waals surface area contributed by atoms with Gasteiger partial charge in [-0.2, -0.15) is 0 Å². The first kappa shape index (κ1) is 11.9. The third kappa shape index (κ3) is 4.37. The van der Waals surface area contributed by atoms with Crippen molar-refractivity contribution in [1.29, 1.82) is 0 Å². The van der Waals surface area contributed by atoms with Crippen molar-refractivity contribution in [2.75, 3.05) is 53.6 Å². The number of likely N-dealkylation sites (N-methyl/N-ethyl adjacent to an activating group) is 1. The van der Waals surface area contributed by atoms with Gasteiger partial charge in [0, 0.05) is 39.9 Å². The van der Waals surface area contributed by atoms with Gasteiger partial charge in [0.2, 0.25) is 0 Å². The molecule has 0 radical (unpaired) electrons. The molecule has 1 fully saturated rings. The van der Waals surface area contributed by atoms with Crippen LogP contribution in [0.3, 0.4) is 0 Å². The lowest BCUT2D eigenvalue weighted by atomic mass is 10.2. The average Bonchev–Trinajstić information content (AvgIpc) is 2.19. The maximum Gasteiger partial charge on any atom is 0.0826 e. The second-order valence-corrected chi connectivity index (χ2v) is 3.70. The summed E-state index contributed by atoms with van der Waals surface area (Å²) >= 11 is 0. The molecule has 4 heteroatoms. The van der Waals surface area contributed by atoms with E-state index in [4.69, 9.17) is 9.47 Å². The van der Waals surface area contributed by atoms with E-state index in [1.165, 1.54) is 0 Å². The molecule has 4 nitrogen and oxygen atoms in total. The minimum absolute atomic E-state index is 0.358. The Morgan fingerprint density at radius 2 is 2.43 bits per heavy atom. The van der Waals surface area contributed by atoms with Crippen LogP contribution in [-0.4, -0.2) is 64.6 Å². The first-order chi connectivity index (χ1) is 6.86. The molecule has 1 unspecified atom stereocenters. The fourth-order valence-corrected chi connectivity index (χ4v) is 1.77. The molecule has 0 bridgehead atoms. The van der Waals surface area contributed by atoms with Crippen molar-refractivity contribution < 1.29 is 9.47 Å². The van der Waals surface area contributed by atoms with Crippen LogP contribution in [0.4, 0.5) is 0 Å². The zero-order valence-electron chi connectivity index (χ0n) is 9.29. The zero-order valence-corrected chi connectivity index (χ0v) is 9.29. The van der Waals surface area contributed by atoms with E-state index in [0.29, 0.717) is 6.10 Å². The molecule has 1 heterocycles. The van der Waals surface area contributed by atoms with Crippen molar-refractivity contribution in [3.8, 4) is 0 Å². The number of hydrogen-bond donors (Lipinski definition) is 1. The van der Waals surface area contributed by atoms with E-state index in [-0.39, 0.29) is 0 Å². The Hall–Kier alpha value is -0.160. The first-order valence-corrected chi connectivity index (χ1v) is 5.34. The Bertz CT molecular complexity index is 142. The Labute approximate surface area is 86.6 Å². The van der Waals surface area contributed by atoms with Crippen molar-refractivity contribution in [3.05, 3.63) is 0 Å². The van der Waals surface area contributed by atoms with Gasteiger partial charge in [0.1, 0.15) is 0 Å². The van der Waals surface area contributed by atoms with Crippen LogP contribution in [-0.2, 0) is 9.47 Å². The summed E-state index contributed by atoms with van der Waals surface area (Å²) in [6.45, 7) is 5.89. The van der Waals surface area contributed by atoms with Gasteiger partial charge in [0.05, 0.1) is 12.7 Å². The summed E-state index contributed by atoms with van der Waals surface area (Å²) in [5, 5.41) is 3.15. The number of nitrogens with zero attached hydrogens (tertiary/aromatic N) is 1. The van der Waals surface area contributed by atoms with E-state index in [2.05, 4.69) is 10.2 Å². The Kier molecular flexibility index (Phi) is 6.10. The summed E-state index contributed by atoms with van der Waals surface area (Å²) in [7, 11) is 3.72. The van der Waals surface area contributed by atoms with E-state index in [9.17, 15) is 0 Å². The van der Waals surface area contributed by atoms with E-state index in [1.807, 2.05) is 7.05 Å². The minimum Gasteiger partial charge on any atom is -0.385 e. The normalized spacial score (nSPS) is 24.0. The van der Waals surface area contributed by atoms with Crippen LogP contribution in [0.25, 0.3) is 0 Å². The lowest BCUT2D eigenvalue weighted by molar-refractivity contribution is -0.0279. The molecule has 1 N–H and O–H groups in total. The van der Waals surface area contributed by atoms with Crippen LogP contribution in [0.15, 0.2) is 0 Å². The van der Waals surface area contributed by atoms with E-state index >= 15 is 0 Å². The summed E-state index contributed by atoms with van der Waals surface area (Å²) in [6.07, 6.45) is 1.47. The van der Waals surface area contributed by atoms with Crippen LogP contribution in [0.5, 0.6) is 0 Å². The molecule has 84 valence electrons. The topological polar surface area (TPSA) is 33.7 Å². The highest BCUT2D eigenvalue weighted by molar-refractivity contribution is 4.72. The standard InChI is InChI=1S/C10H22N2O2/c1-11-8-10-9-12(5-7-14-10)4-3-6-13-2/h10-11H,3-9H2,1-2H3. The molecule has 1 aliphatic rings. The van der Waals surface area contributed by atoms with Gasteiger partial charge in [-0.05, 0) is 13.5 Å². The molecule has 0 aromatic rings. The maximum atomic E-state index is 5.62. The number of morpholine rings is 1. The largest absolute Gasteiger partial charge is 0.385 e. The van der Waals surface area contributed by atoms with Gasteiger partial charge in [0.25, 0.3) is 0 Å². The Morgan fingerprint density at radius 3 is 3.14 bits per heavy atom. The fourth-order valence-electron chi connectivity index (χ4n) is 1.77. The third-order valence-electron chi connectivity index (χ3n) is 2.48. The summed E-state index contributed by atoms with van der Waals surface area (Å²) in [4.78, 5) is 2.45. The van der Waals surface area contributed by atoms with Gasteiger partial charge in [-0.25, -0.2) is 0 Å². The monoisotopic (exact) mass is 202 g/mol. The van der Waals surface area contributed by atoms with E-state index < -0.39 is 0 Å². The molecule has 0 aromatic heterocycles. The molecule has 1 saturated heterocycles. The smallest absolute Gasteiger partial charge is 0.0826 e. The Balaban J connectivity index is 2.12.